The molecule has 2 aromatic heterocycles. The van der Waals surface area contributed by atoms with Crippen LogP contribution in [0.25, 0.3) is 0 Å². The largest absolute Gasteiger partial charge is 0.496 e. The van der Waals surface area contributed by atoms with Gasteiger partial charge in [-0.2, -0.15) is 0 Å². The number of para-hydroxylation sites is 1. The van der Waals surface area contributed by atoms with Gasteiger partial charge in [-0.3, -0.25) is 9.78 Å². The number of hydrogen-bond acceptors (Lipinski definition) is 4. The lowest BCUT2D eigenvalue weighted by atomic mass is 10.0. The average Bonchev–Trinajstić information content (AvgIpc) is 3.06. The molecule has 0 spiro atoms. The Bertz CT molecular complexity index is 830. The Morgan fingerprint density at radius 1 is 1.17 bits per heavy atom. The van der Waals surface area contributed by atoms with Crippen LogP contribution >= 0.6 is 0 Å². The van der Waals surface area contributed by atoms with E-state index >= 15 is 0 Å². The Kier molecular flexibility index (Phi) is 4.56. The number of imidazole rings is 1. The number of pyridine rings is 1. The summed E-state index contributed by atoms with van der Waals surface area (Å²) in [5.74, 6) is 1.22. The summed E-state index contributed by atoms with van der Waals surface area (Å²) in [4.78, 5) is 21.0. The van der Waals surface area contributed by atoms with Gasteiger partial charge in [-0.15, -0.1) is 0 Å². The predicted molar refractivity (Wildman–Crippen MR) is 89.7 cm³/mol. The van der Waals surface area contributed by atoms with Crippen LogP contribution in [0.1, 0.15) is 27.8 Å². The van der Waals surface area contributed by atoms with Crippen molar-refractivity contribution in [2.24, 2.45) is 7.05 Å². The molecule has 0 aliphatic rings. The molecule has 1 aromatic carbocycles. The second kappa shape index (κ2) is 6.95. The summed E-state index contributed by atoms with van der Waals surface area (Å²) in [5.41, 5.74) is 1.39. The van der Waals surface area contributed by atoms with Crippen LogP contribution in [0.3, 0.4) is 0 Å². The maximum Gasteiger partial charge on any atom is 0.252 e. The first-order chi connectivity index (χ1) is 11.7. The number of carbonyl (C=O) groups excluding carboxylic acids is 1. The van der Waals surface area contributed by atoms with E-state index in [-0.39, 0.29) is 5.91 Å². The van der Waals surface area contributed by atoms with Gasteiger partial charge in [0.05, 0.1) is 7.11 Å². The smallest absolute Gasteiger partial charge is 0.252 e. The van der Waals surface area contributed by atoms with Crippen LogP contribution in [-0.4, -0.2) is 27.6 Å². The highest BCUT2D eigenvalue weighted by atomic mass is 16.5. The van der Waals surface area contributed by atoms with Gasteiger partial charge < -0.3 is 14.6 Å². The van der Waals surface area contributed by atoms with E-state index in [0.717, 1.165) is 11.4 Å². The van der Waals surface area contributed by atoms with Crippen LogP contribution in [0.15, 0.2) is 61.2 Å². The molecule has 3 rings (SSSR count). The minimum Gasteiger partial charge on any atom is -0.496 e. The molecule has 0 fully saturated rings. The summed E-state index contributed by atoms with van der Waals surface area (Å²) < 4.78 is 7.33. The third-order valence-electron chi connectivity index (χ3n) is 3.78. The quantitative estimate of drug-likeness (QED) is 0.783. The van der Waals surface area contributed by atoms with Crippen molar-refractivity contribution in [2.75, 3.05) is 7.11 Å². The highest BCUT2D eigenvalue weighted by Crippen LogP contribution is 2.29. The van der Waals surface area contributed by atoms with E-state index < -0.39 is 6.04 Å². The van der Waals surface area contributed by atoms with Crippen LogP contribution in [0.4, 0.5) is 0 Å². The van der Waals surface area contributed by atoms with E-state index in [1.807, 2.05) is 42.1 Å². The number of amides is 1. The number of nitrogens with one attached hydrogen (secondary N) is 1. The molecular formula is C18H18N4O2. The second-order valence-electron chi connectivity index (χ2n) is 5.28. The van der Waals surface area contributed by atoms with Gasteiger partial charge in [-0.25, -0.2) is 4.98 Å². The normalized spacial score (nSPS) is 11.8. The molecule has 0 bridgehead atoms. The lowest BCUT2D eigenvalue weighted by Crippen LogP contribution is -2.31. The molecule has 1 N–H and O–H groups in total. The molecule has 0 saturated carbocycles. The molecule has 1 unspecified atom stereocenters. The molecule has 122 valence electrons. The number of hydrogen-bond donors (Lipinski definition) is 1. The topological polar surface area (TPSA) is 69.0 Å². The van der Waals surface area contributed by atoms with Gasteiger partial charge in [-0.05, 0) is 18.2 Å². The Hall–Kier alpha value is -3.15. The molecular weight excluding hydrogens is 304 g/mol. The number of ether oxygens (including phenoxy) is 1. The highest BCUT2D eigenvalue weighted by Gasteiger charge is 2.24. The fourth-order valence-corrected chi connectivity index (χ4v) is 2.56. The molecule has 2 heterocycles. The van der Waals surface area contributed by atoms with Crippen molar-refractivity contribution >= 4 is 5.91 Å². The summed E-state index contributed by atoms with van der Waals surface area (Å²) in [6, 6.07) is 10.5. The first-order valence-electron chi connectivity index (χ1n) is 7.51. The summed E-state index contributed by atoms with van der Waals surface area (Å²) in [5, 5.41) is 3.04. The summed E-state index contributed by atoms with van der Waals surface area (Å²) in [6.45, 7) is 0. The zero-order valence-electron chi connectivity index (χ0n) is 13.5. The third-order valence-corrected chi connectivity index (χ3v) is 3.78. The number of rotatable bonds is 5. The molecule has 6 nitrogen and oxygen atoms in total. The van der Waals surface area contributed by atoms with Crippen molar-refractivity contribution in [1.29, 1.82) is 0 Å². The standard InChI is InChI=1S/C18H18N4O2/c1-22-12-11-20-17(22)16(14-5-3-4-6-15(14)24-2)21-18(23)13-7-9-19-10-8-13/h3-12,16H,1-2H3,(H,21,23). The van der Waals surface area contributed by atoms with Gasteiger partial charge in [0.15, 0.2) is 0 Å². The van der Waals surface area contributed by atoms with Gasteiger partial charge in [0.1, 0.15) is 17.6 Å². The molecule has 0 radical (unpaired) electrons. The fourth-order valence-electron chi connectivity index (χ4n) is 2.56. The predicted octanol–water partition coefficient (Wildman–Crippen LogP) is 2.34. The average molecular weight is 322 g/mol. The lowest BCUT2D eigenvalue weighted by Gasteiger charge is -2.21. The first-order valence-corrected chi connectivity index (χ1v) is 7.51. The SMILES string of the molecule is COc1ccccc1C(NC(=O)c1ccncc1)c1nccn1C. The summed E-state index contributed by atoms with van der Waals surface area (Å²) >= 11 is 0. The van der Waals surface area contributed by atoms with E-state index in [0.29, 0.717) is 11.3 Å². The van der Waals surface area contributed by atoms with Crippen molar-refractivity contribution in [3.8, 4) is 5.75 Å². The molecule has 1 amide bonds. The number of nitrogens with zero attached hydrogens (tertiary/aromatic N) is 3. The van der Waals surface area contributed by atoms with Gasteiger partial charge in [-0.1, -0.05) is 18.2 Å². The van der Waals surface area contributed by atoms with Crippen LogP contribution < -0.4 is 10.1 Å². The zero-order chi connectivity index (χ0) is 16.9. The number of aryl methyl sites for hydroxylation is 1. The summed E-state index contributed by atoms with van der Waals surface area (Å²) in [6.07, 6.45) is 6.73. The monoisotopic (exact) mass is 322 g/mol. The van der Waals surface area contributed by atoms with E-state index in [9.17, 15) is 4.79 Å². The van der Waals surface area contributed by atoms with Gasteiger partial charge >= 0.3 is 0 Å². The molecule has 6 heteroatoms. The Balaban J connectivity index is 2.00. The molecule has 0 saturated heterocycles. The van der Waals surface area contributed by atoms with Crippen molar-refractivity contribution in [3.05, 3.63) is 78.1 Å². The van der Waals surface area contributed by atoms with Gasteiger partial charge in [0.25, 0.3) is 5.91 Å². The van der Waals surface area contributed by atoms with Crippen LogP contribution in [0, 0.1) is 0 Å². The number of aromatic nitrogens is 3. The Labute approximate surface area is 140 Å². The van der Waals surface area contributed by atoms with Crippen LogP contribution in [0.5, 0.6) is 5.75 Å². The maximum absolute atomic E-state index is 12.6. The van der Waals surface area contributed by atoms with E-state index in [1.165, 1.54) is 0 Å². The minimum absolute atomic E-state index is 0.198. The van der Waals surface area contributed by atoms with E-state index in [2.05, 4.69) is 15.3 Å². The maximum atomic E-state index is 12.6. The summed E-state index contributed by atoms with van der Waals surface area (Å²) in [7, 11) is 3.50. The van der Waals surface area contributed by atoms with Crippen LogP contribution in [-0.2, 0) is 7.05 Å². The Morgan fingerprint density at radius 2 is 1.92 bits per heavy atom. The number of methoxy groups -OCH3 is 1. The highest BCUT2D eigenvalue weighted by molar-refractivity contribution is 5.94. The van der Waals surface area contributed by atoms with Crippen LogP contribution in [0.2, 0.25) is 0 Å². The van der Waals surface area contributed by atoms with Crippen molar-refractivity contribution in [2.45, 2.75) is 6.04 Å². The zero-order valence-corrected chi connectivity index (χ0v) is 13.5. The molecule has 3 aromatic rings. The van der Waals surface area contributed by atoms with Crippen molar-refractivity contribution in [3.63, 3.8) is 0 Å². The fraction of sp³-hybridized carbons (Fsp3) is 0.167. The van der Waals surface area contributed by atoms with Crippen molar-refractivity contribution in [1.82, 2.24) is 19.9 Å². The third kappa shape index (κ3) is 3.12. The minimum atomic E-state index is -0.429. The van der Waals surface area contributed by atoms with Crippen molar-refractivity contribution < 1.29 is 9.53 Å². The van der Waals surface area contributed by atoms with E-state index in [1.54, 1.807) is 37.8 Å². The lowest BCUT2D eigenvalue weighted by molar-refractivity contribution is 0.0940. The first kappa shape index (κ1) is 15.7. The van der Waals surface area contributed by atoms with E-state index in [4.69, 9.17) is 4.74 Å². The number of benzene rings is 1. The van der Waals surface area contributed by atoms with Gasteiger partial charge in [0.2, 0.25) is 0 Å². The van der Waals surface area contributed by atoms with Gasteiger partial charge in [0, 0.05) is 43.0 Å². The molecule has 0 aliphatic heterocycles. The molecule has 1 atom stereocenters. The molecule has 24 heavy (non-hydrogen) atoms. The number of carbonyl (C=O) groups is 1. The molecule has 0 aliphatic carbocycles. The second-order valence-corrected chi connectivity index (χ2v) is 5.28. The Morgan fingerprint density at radius 3 is 2.58 bits per heavy atom.